The number of carboxylic acids is 1. The molecule has 0 fully saturated rings. The SMILES string of the molecule is CC(C)CC(NC(=O)CNC(=O)C(Cc1ccccc1)NC(=O)C(CO)NC(=O)C(CC(N)=O)NC(=O)C(Cc1c[nH]c2ccccc12)NC(=O)C(CC(N)=O)NC(=O)C(N)Cc1ccc(O)cc1)C(=O)NC(CCCN=C(N)N)C(=O)NC(Cc1ccccc1)C(N)=O.O=C(O)C(F)(F)F. The van der Waals surface area contributed by atoms with Gasteiger partial charge in [0.15, 0.2) is 5.96 Å². The molecule has 5 rings (SSSR count). The first-order valence-corrected chi connectivity index (χ1v) is 31.3. The Morgan fingerprint density at radius 1 is 0.515 bits per heavy atom. The van der Waals surface area contributed by atoms with Gasteiger partial charge in [-0.15, -0.1) is 0 Å². The molecule has 0 radical (unpaired) electrons. The van der Waals surface area contributed by atoms with E-state index in [-0.39, 0.29) is 69.1 Å². The summed E-state index contributed by atoms with van der Waals surface area (Å²) in [6, 6.07) is 16.0. The molecule has 0 spiro atoms. The van der Waals surface area contributed by atoms with Gasteiger partial charge < -0.3 is 103 Å². The molecule has 36 heteroatoms. The van der Waals surface area contributed by atoms with E-state index in [1.807, 2.05) is 0 Å². The van der Waals surface area contributed by atoms with Crippen LogP contribution in [0.4, 0.5) is 13.2 Å². The third-order valence-corrected chi connectivity index (χ3v) is 14.8. The van der Waals surface area contributed by atoms with Crippen LogP contribution in [-0.4, -0.2) is 183 Å². The fourth-order valence-corrected chi connectivity index (χ4v) is 9.78. The lowest BCUT2D eigenvalue weighted by atomic mass is 10.0. The second kappa shape index (κ2) is 40.3. The zero-order chi connectivity index (χ0) is 75.1. The van der Waals surface area contributed by atoms with E-state index in [9.17, 15) is 80.9 Å². The number of guanidine groups is 1. The number of halogens is 3. The van der Waals surface area contributed by atoms with Crippen LogP contribution >= 0.6 is 0 Å². The Kier molecular flexibility index (Phi) is 32.6. The van der Waals surface area contributed by atoms with Crippen LogP contribution in [0.15, 0.2) is 120 Å². The Hall–Kier alpha value is -11.7. The van der Waals surface area contributed by atoms with Crippen LogP contribution in [0.2, 0.25) is 0 Å². The molecule has 25 N–H and O–H groups in total. The summed E-state index contributed by atoms with van der Waals surface area (Å²) in [6.07, 6.45) is -5.54. The number of primary amides is 3. The van der Waals surface area contributed by atoms with Crippen molar-refractivity contribution in [1.82, 2.24) is 52.8 Å². The summed E-state index contributed by atoms with van der Waals surface area (Å²) < 4.78 is 31.7. The van der Waals surface area contributed by atoms with Crippen LogP contribution in [0, 0.1) is 5.92 Å². The average molecular weight is 1420 g/mol. The van der Waals surface area contributed by atoms with E-state index in [0.717, 1.165) is 0 Å². The third-order valence-electron chi connectivity index (χ3n) is 14.8. The van der Waals surface area contributed by atoms with E-state index in [2.05, 4.69) is 57.8 Å². The molecule has 5 aromatic rings. The zero-order valence-electron chi connectivity index (χ0n) is 54.9. The molecule has 1 aromatic heterocycles. The van der Waals surface area contributed by atoms with Crippen molar-refractivity contribution in [3.05, 3.63) is 138 Å². The van der Waals surface area contributed by atoms with Crippen molar-refractivity contribution in [2.75, 3.05) is 19.7 Å². The van der Waals surface area contributed by atoms with Gasteiger partial charge in [-0.1, -0.05) is 105 Å². The molecule has 546 valence electrons. The first kappa shape index (κ1) is 81.7. The standard InChI is InChI=1S/C63H83N17O14.C2HF3O2/c1-34(2)24-45(58(90)74-43(18-11-23-70-63(68)69)57(89)75-44(54(67)86)26-35-12-5-3-6-13-35)73-53(85)32-72-56(88)46(27-36-14-7-4-8-15-36)77-62(94)50(33-81)80-61(93)49(30-52(66)84)79-59(91)47(28-38-31-71-42-17-10-9-16-40(38)42)78-60(92)48(29-51(65)83)76-55(87)41(64)25-37-19-21-39(82)22-20-37;3-2(4,5)1(6)7/h3-10,12-17,19-22,31,34,41,43-50,71,81-82H,11,18,23-30,32-33,64H2,1-2H3,(H2,65,83)(H2,66,84)(H2,67,86)(H,72,88)(H,73,85)(H,74,90)(H,75,89)(H,76,87)(H,77,94)(H,78,92)(H,79,91)(H,80,93)(H4,68,69,70);(H,6,7). The minimum atomic E-state index is -5.08. The molecule has 12 amide bonds. The molecule has 9 atom stereocenters. The number of aliphatic hydroxyl groups is 1. The Morgan fingerprint density at radius 3 is 1.47 bits per heavy atom. The highest BCUT2D eigenvalue weighted by molar-refractivity contribution is 6.00. The van der Waals surface area contributed by atoms with Gasteiger partial charge in [0.05, 0.1) is 32.0 Å². The monoisotopic (exact) mass is 1420 g/mol. The fourth-order valence-electron chi connectivity index (χ4n) is 9.78. The molecule has 0 aliphatic heterocycles. The Bertz CT molecular complexity index is 3710. The summed E-state index contributed by atoms with van der Waals surface area (Å²) in [5, 5.41) is 50.2. The van der Waals surface area contributed by atoms with E-state index in [0.29, 0.717) is 33.2 Å². The van der Waals surface area contributed by atoms with E-state index < -0.39 is 163 Å². The maximum Gasteiger partial charge on any atom is 0.490 e. The molecule has 1 heterocycles. The number of hydrogen-bond donors (Lipinski definition) is 19. The number of alkyl halides is 3. The number of nitrogens with two attached hydrogens (primary N) is 6. The van der Waals surface area contributed by atoms with Gasteiger partial charge in [0.25, 0.3) is 0 Å². The number of phenols is 1. The number of para-hydroxylation sites is 1. The molecule has 0 saturated heterocycles. The van der Waals surface area contributed by atoms with E-state index in [1.54, 1.807) is 105 Å². The number of aromatic amines is 1. The number of aliphatic carboxylic acids is 1. The van der Waals surface area contributed by atoms with Gasteiger partial charge >= 0.3 is 12.1 Å². The van der Waals surface area contributed by atoms with Crippen molar-refractivity contribution < 1.29 is 90.8 Å². The summed E-state index contributed by atoms with van der Waals surface area (Å²) in [6.45, 7) is 1.72. The van der Waals surface area contributed by atoms with Gasteiger partial charge in [0.2, 0.25) is 70.9 Å². The lowest BCUT2D eigenvalue weighted by Crippen LogP contribution is -2.61. The van der Waals surface area contributed by atoms with E-state index in [1.165, 1.54) is 24.3 Å². The maximum atomic E-state index is 14.5. The molecular weight excluding hydrogens is 1330 g/mol. The van der Waals surface area contributed by atoms with Crippen LogP contribution < -0.4 is 82.3 Å². The largest absolute Gasteiger partial charge is 0.508 e. The summed E-state index contributed by atoms with van der Waals surface area (Å²) >= 11 is 0. The number of carbonyl (C=O) groups is 13. The van der Waals surface area contributed by atoms with Gasteiger partial charge in [-0.05, 0) is 72.1 Å². The molecular formula is C65H84F3N17O16. The Labute approximate surface area is 576 Å². The van der Waals surface area contributed by atoms with Crippen LogP contribution in [0.25, 0.3) is 10.9 Å². The number of nitrogens with one attached hydrogen (secondary N) is 10. The average Bonchev–Trinajstić information content (AvgIpc) is 1.72. The lowest BCUT2D eigenvalue weighted by Gasteiger charge is -2.27. The molecule has 0 bridgehead atoms. The number of carbonyl (C=O) groups excluding carboxylic acids is 12. The van der Waals surface area contributed by atoms with Crippen LogP contribution in [0.5, 0.6) is 5.75 Å². The molecule has 0 aliphatic carbocycles. The summed E-state index contributed by atoms with van der Waals surface area (Å²) in [5.74, 6) is -15.1. The number of H-pyrrole nitrogens is 1. The second-order valence-electron chi connectivity index (χ2n) is 23.5. The number of rotatable bonds is 38. The summed E-state index contributed by atoms with van der Waals surface area (Å²) in [7, 11) is 0. The van der Waals surface area contributed by atoms with E-state index >= 15 is 0 Å². The van der Waals surface area contributed by atoms with Crippen molar-refractivity contribution in [3.8, 4) is 5.75 Å². The van der Waals surface area contributed by atoms with Crippen LogP contribution in [0.1, 0.15) is 68.2 Å². The van der Waals surface area contributed by atoms with Gasteiger partial charge in [0.1, 0.15) is 54.1 Å². The third kappa shape index (κ3) is 29.1. The number of amides is 12. The highest BCUT2D eigenvalue weighted by atomic mass is 19.4. The first-order valence-electron chi connectivity index (χ1n) is 31.3. The fraction of sp³-hybridized carbons (Fsp3) is 0.385. The van der Waals surface area contributed by atoms with E-state index in [4.69, 9.17) is 44.3 Å². The van der Waals surface area contributed by atoms with Crippen LogP contribution in [0.3, 0.4) is 0 Å². The number of aromatic nitrogens is 1. The quantitative estimate of drug-likeness (QED) is 0.0103. The van der Waals surface area contributed by atoms with Crippen molar-refractivity contribution >= 4 is 93.7 Å². The van der Waals surface area contributed by atoms with Crippen molar-refractivity contribution in [2.45, 2.75) is 132 Å². The summed E-state index contributed by atoms with van der Waals surface area (Å²) in [5.41, 5.74) is 36.7. The number of nitrogens with zero attached hydrogens (tertiary/aromatic N) is 1. The number of phenolic OH excluding ortho intramolecular Hbond substituents is 1. The maximum absolute atomic E-state index is 14.5. The molecule has 33 nitrogen and oxygen atoms in total. The zero-order valence-corrected chi connectivity index (χ0v) is 54.9. The van der Waals surface area contributed by atoms with Crippen molar-refractivity contribution in [2.24, 2.45) is 45.3 Å². The normalized spacial score (nSPS) is 13.7. The predicted molar refractivity (Wildman–Crippen MR) is 357 cm³/mol. The molecule has 9 unspecified atom stereocenters. The van der Waals surface area contributed by atoms with Gasteiger partial charge in [-0.25, -0.2) is 4.79 Å². The van der Waals surface area contributed by atoms with Crippen LogP contribution in [-0.2, 0) is 88.0 Å². The highest BCUT2D eigenvalue weighted by Gasteiger charge is 2.39. The number of fused-ring (bicyclic) bond motifs is 1. The Balaban J connectivity index is 0.00000293. The Morgan fingerprint density at radius 2 is 0.950 bits per heavy atom. The van der Waals surface area contributed by atoms with Gasteiger partial charge in [0, 0.05) is 42.9 Å². The van der Waals surface area contributed by atoms with Gasteiger partial charge in [-0.3, -0.25) is 62.5 Å². The molecule has 4 aromatic carbocycles. The molecule has 0 saturated carbocycles. The number of aliphatic imine (C=N–C) groups is 1. The lowest BCUT2D eigenvalue weighted by molar-refractivity contribution is -0.192. The second-order valence-corrected chi connectivity index (χ2v) is 23.5. The molecule has 101 heavy (non-hydrogen) atoms. The smallest absolute Gasteiger partial charge is 0.490 e. The van der Waals surface area contributed by atoms with Crippen molar-refractivity contribution in [1.29, 1.82) is 0 Å². The van der Waals surface area contributed by atoms with Crippen molar-refractivity contribution in [3.63, 3.8) is 0 Å². The topological polar surface area (TPSA) is 575 Å². The molecule has 0 aliphatic rings. The predicted octanol–water partition coefficient (Wildman–Crippen LogP) is -3.57. The minimum Gasteiger partial charge on any atom is -0.508 e. The summed E-state index contributed by atoms with van der Waals surface area (Å²) in [4.78, 5) is 179. The number of benzene rings is 4. The number of carboxylic acid groups (broad SMARTS) is 1. The van der Waals surface area contributed by atoms with Gasteiger partial charge in [-0.2, -0.15) is 13.2 Å². The minimum absolute atomic E-state index is 0.0204. The number of aromatic hydroxyl groups is 1. The highest BCUT2D eigenvalue weighted by Crippen LogP contribution is 2.20. The first-order chi connectivity index (χ1) is 47.6. The number of aliphatic hydroxyl groups excluding tert-OH is 1. The number of hydrogen-bond acceptors (Lipinski definition) is 17.